The number of alkyl halides is 5. The van der Waals surface area contributed by atoms with Gasteiger partial charge in [0.05, 0.1) is 6.54 Å². The van der Waals surface area contributed by atoms with Gasteiger partial charge in [-0.05, 0) is 6.92 Å². The summed E-state index contributed by atoms with van der Waals surface area (Å²) in [5, 5.41) is -2.40. The monoisotopic (exact) mass is 354 g/mol. The van der Waals surface area contributed by atoms with Gasteiger partial charge >= 0.3 is 22.6 Å². The number of halogens is 5. The van der Waals surface area contributed by atoms with Crippen molar-refractivity contribution in [2.75, 3.05) is 13.2 Å². The highest BCUT2D eigenvalue weighted by atomic mass is 32.2. The molecule has 0 aliphatic rings. The zero-order valence-electron chi connectivity index (χ0n) is 10.6. The van der Waals surface area contributed by atoms with Crippen molar-refractivity contribution in [2.24, 2.45) is 0 Å². The van der Waals surface area contributed by atoms with Gasteiger partial charge in [-0.1, -0.05) is 6.58 Å². The van der Waals surface area contributed by atoms with Crippen molar-refractivity contribution in [3.63, 3.8) is 0 Å². The van der Waals surface area contributed by atoms with Gasteiger partial charge in [0.1, 0.15) is 6.61 Å². The third-order valence-electron chi connectivity index (χ3n) is 1.56. The summed E-state index contributed by atoms with van der Waals surface area (Å²) >= 11 is -1.60. The predicted molar refractivity (Wildman–Crippen MR) is 68.1 cm³/mol. The van der Waals surface area contributed by atoms with E-state index in [0.29, 0.717) is 0 Å². The summed E-state index contributed by atoms with van der Waals surface area (Å²) in [6.45, 7) is 3.86. The van der Waals surface area contributed by atoms with E-state index in [1.807, 2.05) is 0 Å². The Morgan fingerprint density at radius 3 is 2.24 bits per heavy atom. The van der Waals surface area contributed by atoms with Crippen molar-refractivity contribution in [1.29, 1.82) is 0 Å². The van der Waals surface area contributed by atoms with Gasteiger partial charge < -0.3 is 10.1 Å². The summed E-state index contributed by atoms with van der Waals surface area (Å²) in [4.78, 5) is 21.9. The van der Waals surface area contributed by atoms with Crippen LogP contribution in [0.3, 0.4) is 0 Å². The molecule has 0 aromatic heterocycles. The summed E-state index contributed by atoms with van der Waals surface area (Å²) in [7, 11) is 0. The number of nitrogens with one attached hydrogen (secondary N) is 2. The number of ether oxygens (including phenoxy) is 1. The van der Waals surface area contributed by atoms with Crippen LogP contribution in [-0.4, -0.2) is 35.8 Å². The molecule has 0 saturated carbocycles. The highest BCUT2D eigenvalue weighted by molar-refractivity contribution is 8.13. The third-order valence-corrected chi connectivity index (χ3v) is 2.90. The first-order chi connectivity index (χ1) is 9.46. The van der Waals surface area contributed by atoms with Crippen LogP contribution in [0.1, 0.15) is 6.92 Å². The number of hydrogen-bond donors (Lipinski definition) is 2. The zero-order valence-corrected chi connectivity index (χ0v) is 12.2. The van der Waals surface area contributed by atoms with E-state index >= 15 is 0 Å². The summed E-state index contributed by atoms with van der Waals surface area (Å²) in [6.07, 6.45) is 0. The van der Waals surface area contributed by atoms with E-state index in [1.54, 1.807) is 5.32 Å². The largest absolute Gasteiger partial charge is 0.460 e. The number of esters is 1. The minimum absolute atomic E-state index is 0.0931. The van der Waals surface area contributed by atoms with Crippen LogP contribution < -0.4 is 9.44 Å². The standard InChI is InChI=1S/C9H11F5N2O3S2/c1-5(2)6(17)19-4-3-15-7(18)8(10,11)20-16-21-9(12,13)14/h16H,1,3-4H2,2H3,(H,15,18). The Hall–Kier alpha value is -1.01. The van der Waals surface area contributed by atoms with Crippen molar-refractivity contribution >= 4 is 35.8 Å². The van der Waals surface area contributed by atoms with Crippen LogP contribution in [0.15, 0.2) is 12.2 Å². The van der Waals surface area contributed by atoms with Crippen LogP contribution in [0.2, 0.25) is 0 Å². The fourth-order valence-electron chi connectivity index (χ4n) is 0.701. The molecule has 122 valence electrons. The van der Waals surface area contributed by atoms with Crippen LogP contribution in [0.25, 0.3) is 0 Å². The van der Waals surface area contributed by atoms with E-state index in [-0.39, 0.29) is 12.2 Å². The van der Waals surface area contributed by atoms with Crippen molar-refractivity contribution in [2.45, 2.75) is 17.7 Å². The Bertz CT molecular complexity index is 403. The molecular weight excluding hydrogens is 343 g/mol. The maximum Gasteiger partial charge on any atom is 0.456 e. The second-order valence-electron chi connectivity index (χ2n) is 3.42. The van der Waals surface area contributed by atoms with Crippen LogP contribution >= 0.6 is 23.9 Å². The first-order valence-corrected chi connectivity index (χ1v) is 6.75. The van der Waals surface area contributed by atoms with E-state index in [2.05, 4.69) is 11.3 Å². The molecule has 0 atom stereocenters. The van der Waals surface area contributed by atoms with Gasteiger partial charge in [-0.25, -0.2) is 4.79 Å². The number of carbonyl (C=O) groups excluding carboxylic acids is 2. The minimum atomic E-state index is -4.75. The van der Waals surface area contributed by atoms with E-state index in [9.17, 15) is 31.5 Å². The molecular formula is C9H11F5N2O3S2. The minimum Gasteiger partial charge on any atom is -0.460 e. The molecule has 21 heavy (non-hydrogen) atoms. The molecule has 0 radical (unpaired) electrons. The predicted octanol–water partition coefficient (Wildman–Crippen LogP) is 2.22. The smallest absolute Gasteiger partial charge is 0.456 e. The lowest BCUT2D eigenvalue weighted by Crippen LogP contribution is -2.40. The summed E-state index contributed by atoms with van der Waals surface area (Å²) in [5.41, 5.74) is -4.66. The van der Waals surface area contributed by atoms with Gasteiger partial charge in [-0.3, -0.25) is 4.79 Å². The molecule has 0 aliphatic heterocycles. The molecule has 0 aromatic carbocycles. The third kappa shape index (κ3) is 9.52. The second kappa shape index (κ2) is 8.44. The zero-order chi connectivity index (χ0) is 16.7. The normalized spacial score (nSPS) is 11.9. The molecule has 0 unspecified atom stereocenters. The average molecular weight is 354 g/mol. The van der Waals surface area contributed by atoms with E-state index in [1.165, 1.54) is 11.1 Å². The Balaban J connectivity index is 4.02. The fraction of sp³-hybridized carbons (Fsp3) is 0.556. The molecule has 2 N–H and O–H groups in total. The molecule has 0 aromatic rings. The Morgan fingerprint density at radius 1 is 1.19 bits per heavy atom. The second-order valence-corrected chi connectivity index (χ2v) is 5.47. The lowest BCUT2D eigenvalue weighted by atomic mass is 10.4. The number of carbonyl (C=O) groups is 2. The van der Waals surface area contributed by atoms with Crippen molar-refractivity contribution < 1.29 is 36.3 Å². The highest BCUT2D eigenvalue weighted by Crippen LogP contribution is 2.34. The van der Waals surface area contributed by atoms with Crippen molar-refractivity contribution in [3.8, 4) is 0 Å². The number of hydrogen-bond acceptors (Lipinski definition) is 6. The average Bonchev–Trinajstić information content (AvgIpc) is 2.31. The Labute approximate surface area is 125 Å². The van der Waals surface area contributed by atoms with E-state index in [4.69, 9.17) is 0 Å². The summed E-state index contributed by atoms with van der Waals surface area (Å²) < 4.78 is 67.1. The van der Waals surface area contributed by atoms with E-state index in [0.717, 1.165) is 0 Å². The lowest BCUT2D eigenvalue weighted by Gasteiger charge is -2.15. The number of amides is 1. The van der Waals surface area contributed by atoms with Gasteiger partial charge in [-0.15, -0.1) is 0 Å². The maximum atomic E-state index is 13.1. The van der Waals surface area contributed by atoms with Gasteiger partial charge in [0, 0.05) is 29.5 Å². The quantitative estimate of drug-likeness (QED) is 0.229. The van der Waals surface area contributed by atoms with Gasteiger partial charge in [-0.2, -0.15) is 26.1 Å². The molecule has 0 rings (SSSR count). The molecule has 1 amide bonds. The fourth-order valence-corrected chi connectivity index (χ4v) is 1.83. The van der Waals surface area contributed by atoms with Gasteiger partial charge in [0.15, 0.2) is 0 Å². The number of rotatable bonds is 8. The Morgan fingerprint density at radius 2 is 1.76 bits per heavy atom. The van der Waals surface area contributed by atoms with Gasteiger partial charge in [0.2, 0.25) is 0 Å². The molecule has 0 fully saturated rings. The van der Waals surface area contributed by atoms with Crippen LogP contribution in [0.5, 0.6) is 0 Å². The topological polar surface area (TPSA) is 67.4 Å². The Kier molecular flexibility index (Phi) is 8.03. The summed E-state index contributed by atoms with van der Waals surface area (Å²) in [5.74, 6) is -2.57. The molecule has 12 heteroatoms. The molecule has 0 aliphatic carbocycles. The van der Waals surface area contributed by atoms with E-state index < -0.39 is 53.1 Å². The van der Waals surface area contributed by atoms with Crippen LogP contribution in [-0.2, 0) is 14.3 Å². The first-order valence-electron chi connectivity index (χ1n) is 5.12. The molecule has 0 spiro atoms. The molecule has 0 saturated heterocycles. The molecule has 0 heterocycles. The maximum absolute atomic E-state index is 13.1. The van der Waals surface area contributed by atoms with Gasteiger partial charge in [0.25, 0.3) is 0 Å². The van der Waals surface area contributed by atoms with Crippen molar-refractivity contribution in [1.82, 2.24) is 9.44 Å². The van der Waals surface area contributed by atoms with Crippen molar-refractivity contribution in [3.05, 3.63) is 12.2 Å². The lowest BCUT2D eigenvalue weighted by molar-refractivity contribution is -0.140. The molecule has 5 nitrogen and oxygen atoms in total. The first kappa shape index (κ1) is 20.0. The molecule has 0 bridgehead atoms. The SMILES string of the molecule is C=C(C)C(=O)OCCNC(=O)C(F)(F)SNSC(F)(F)F. The van der Waals surface area contributed by atoms with Crippen LogP contribution in [0.4, 0.5) is 22.0 Å². The highest BCUT2D eigenvalue weighted by Gasteiger charge is 2.41. The van der Waals surface area contributed by atoms with Crippen LogP contribution in [0, 0.1) is 0 Å². The summed E-state index contributed by atoms with van der Waals surface area (Å²) in [6, 6.07) is 0.